The number of nitrogens with zero attached hydrogens (tertiary/aromatic N) is 3. The zero-order valence-corrected chi connectivity index (χ0v) is 19.1. The second-order valence-electron chi connectivity index (χ2n) is 8.63. The van der Waals surface area contributed by atoms with Gasteiger partial charge in [0.2, 0.25) is 0 Å². The zero-order valence-electron chi connectivity index (χ0n) is 19.1. The zero-order chi connectivity index (χ0) is 21.8. The summed E-state index contributed by atoms with van der Waals surface area (Å²) in [5.74, 6) is -0.000440. The van der Waals surface area contributed by atoms with Crippen molar-refractivity contribution in [3.63, 3.8) is 0 Å². The molecule has 1 aromatic carbocycles. The van der Waals surface area contributed by atoms with Crippen molar-refractivity contribution in [2.75, 3.05) is 33.8 Å². The van der Waals surface area contributed by atoms with Gasteiger partial charge in [0.25, 0.3) is 5.91 Å². The Morgan fingerprint density at radius 2 is 1.80 bits per heavy atom. The molecule has 0 aromatic heterocycles. The van der Waals surface area contributed by atoms with Gasteiger partial charge in [-0.15, -0.1) is 0 Å². The van der Waals surface area contributed by atoms with Crippen LogP contribution in [-0.4, -0.2) is 61.6 Å². The van der Waals surface area contributed by atoms with Crippen molar-refractivity contribution in [1.29, 1.82) is 5.26 Å². The molecule has 1 aromatic rings. The van der Waals surface area contributed by atoms with E-state index in [1.165, 1.54) is 32.2 Å². The average molecular weight is 414 g/mol. The molecule has 0 radical (unpaired) electrons. The molecule has 0 heterocycles. The van der Waals surface area contributed by atoms with Gasteiger partial charge in [0.1, 0.15) is 0 Å². The van der Waals surface area contributed by atoms with Crippen LogP contribution in [0.3, 0.4) is 0 Å². The number of rotatable bonds is 12. The third-order valence-corrected chi connectivity index (χ3v) is 6.18. The van der Waals surface area contributed by atoms with Crippen LogP contribution in [-0.2, 0) is 4.74 Å². The Kier molecular flexibility index (Phi) is 10.9. The van der Waals surface area contributed by atoms with Gasteiger partial charge >= 0.3 is 0 Å². The Balaban J connectivity index is 1.62. The van der Waals surface area contributed by atoms with Gasteiger partial charge in [-0.1, -0.05) is 25.8 Å². The maximum atomic E-state index is 12.8. The normalized spacial score (nSPS) is 18.9. The van der Waals surface area contributed by atoms with Crippen LogP contribution in [0.4, 0.5) is 0 Å². The summed E-state index contributed by atoms with van der Waals surface area (Å²) in [5, 5.41) is 9.04. The molecule has 5 nitrogen and oxygen atoms in total. The molecule has 1 aliphatic rings. The minimum atomic E-state index is -0.000440. The van der Waals surface area contributed by atoms with E-state index in [4.69, 9.17) is 10.00 Å². The van der Waals surface area contributed by atoms with Gasteiger partial charge in [0.05, 0.1) is 17.7 Å². The third kappa shape index (κ3) is 8.08. The summed E-state index contributed by atoms with van der Waals surface area (Å²) in [7, 11) is 4.09. The van der Waals surface area contributed by atoms with E-state index in [9.17, 15) is 4.79 Å². The summed E-state index contributed by atoms with van der Waals surface area (Å²) in [6.45, 7) is 5.44. The fraction of sp³-hybridized carbons (Fsp3) is 0.680. The first kappa shape index (κ1) is 24.4. The SMILES string of the molecule is CCCCCN(C)CCCCO[C@H]1CC[C@H](N(C)C(=O)c2cccc(C#N)c2)CC1. The minimum Gasteiger partial charge on any atom is -0.378 e. The molecule has 0 bridgehead atoms. The first-order chi connectivity index (χ1) is 14.5. The van der Waals surface area contributed by atoms with E-state index in [1.807, 2.05) is 11.9 Å². The lowest BCUT2D eigenvalue weighted by Gasteiger charge is -2.34. The summed E-state index contributed by atoms with van der Waals surface area (Å²) in [6.07, 6.45) is 10.5. The Labute approximate surface area is 183 Å². The molecule has 30 heavy (non-hydrogen) atoms. The van der Waals surface area contributed by atoms with E-state index in [1.54, 1.807) is 24.3 Å². The summed E-state index contributed by atoms with van der Waals surface area (Å²) < 4.78 is 6.11. The van der Waals surface area contributed by atoms with Crippen LogP contribution in [0.25, 0.3) is 0 Å². The number of ether oxygens (including phenoxy) is 1. The molecule has 0 unspecified atom stereocenters. The van der Waals surface area contributed by atoms with Crippen molar-refractivity contribution in [1.82, 2.24) is 9.80 Å². The lowest BCUT2D eigenvalue weighted by molar-refractivity contribution is 0.00875. The number of carbonyl (C=O) groups excluding carboxylic acids is 1. The molecule has 0 saturated heterocycles. The molecule has 0 spiro atoms. The molecule has 1 saturated carbocycles. The number of nitriles is 1. The fourth-order valence-corrected chi connectivity index (χ4v) is 4.17. The van der Waals surface area contributed by atoms with E-state index in [-0.39, 0.29) is 11.9 Å². The molecule has 0 N–H and O–H groups in total. The quantitative estimate of drug-likeness (QED) is 0.459. The van der Waals surface area contributed by atoms with Crippen molar-refractivity contribution in [2.45, 2.75) is 76.9 Å². The highest BCUT2D eigenvalue weighted by Gasteiger charge is 2.27. The highest BCUT2D eigenvalue weighted by atomic mass is 16.5. The number of hydrogen-bond acceptors (Lipinski definition) is 4. The van der Waals surface area contributed by atoms with Crippen LogP contribution in [0.5, 0.6) is 0 Å². The molecule has 166 valence electrons. The van der Waals surface area contributed by atoms with Crippen LogP contribution < -0.4 is 0 Å². The summed E-state index contributed by atoms with van der Waals surface area (Å²) in [6, 6.07) is 9.31. The maximum absolute atomic E-state index is 12.8. The topological polar surface area (TPSA) is 56.6 Å². The largest absolute Gasteiger partial charge is 0.378 e. The monoisotopic (exact) mass is 413 g/mol. The average Bonchev–Trinajstić information content (AvgIpc) is 2.78. The molecule has 1 amide bonds. The maximum Gasteiger partial charge on any atom is 0.253 e. The van der Waals surface area contributed by atoms with Crippen molar-refractivity contribution >= 4 is 5.91 Å². The van der Waals surface area contributed by atoms with Crippen molar-refractivity contribution in [3.8, 4) is 6.07 Å². The minimum absolute atomic E-state index is 0.000440. The predicted octanol–water partition coefficient (Wildman–Crippen LogP) is 4.86. The summed E-state index contributed by atoms with van der Waals surface area (Å²) in [4.78, 5) is 17.0. The Morgan fingerprint density at radius 1 is 1.10 bits per heavy atom. The molecule has 2 rings (SSSR count). The van der Waals surface area contributed by atoms with Crippen LogP contribution in [0.2, 0.25) is 0 Å². The number of hydrogen-bond donors (Lipinski definition) is 0. The second kappa shape index (κ2) is 13.4. The molecule has 1 aliphatic carbocycles. The van der Waals surface area contributed by atoms with Crippen molar-refractivity contribution < 1.29 is 9.53 Å². The number of unbranched alkanes of at least 4 members (excludes halogenated alkanes) is 3. The molecule has 0 atom stereocenters. The van der Waals surface area contributed by atoms with Gasteiger partial charge in [-0.3, -0.25) is 4.79 Å². The Morgan fingerprint density at radius 3 is 2.47 bits per heavy atom. The number of amides is 1. The highest BCUT2D eigenvalue weighted by Crippen LogP contribution is 2.25. The lowest BCUT2D eigenvalue weighted by atomic mass is 9.91. The number of benzene rings is 1. The standard InChI is InChI=1S/C25H39N3O2/c1-4-5-6-16-27(2)17-7-8-18-30-24-14-12-23(13-15-24)28(3)25(29)22-11-9-10-21(19-22)20-26/h9-11,19,23-24H,4-8,12-18H2,1-3H3/t23-,24-. The van der Waals surface area contributed by atoms with Crippen molar-refractivity contribution in [3.05, 3.63) is 35.4 Å². The second-order valence-corrected chi connectivity index (χ2v) is 8.63. The predicted molar refractivity (Wildman–Crippen MR) is 122 cm³/mol. The molecular weight excluding hydrogens is 374 g/mol. The summed E-state index contributed by atoms with van der Waals surface area (Å²) >= 11 is 0. The first-order valence-corrected chi connectivity index (χ1v) is 11.6. The van der Waals surface area contributed by atoms with E-state index in [2.05, 4.69) is 24.9 Å². The highest BCUT2D eigenvalue weighted by molar-refractivity contribution is 5.94. The fourth-order valence-electron chi connectivity index (χ4n) is 4.17. The third-order valence-electron chi connectivity index (χ3n) is 6.18. The summed E-state index contributed by atoms with van der Waals surface area (Å²) in [5.41, 5.74) is 1.12. The van der Waals surface area contributed by atoms with Gasteiger partial charge in [0.15, 0.2) is 0 Å². The van der Waals surface area contributed by atoms with Gasteiger partial charge in [-0.25, -0.2) is 0 Å². The van der Waals surface area contributed by atoms with E-state index in [0.29, 0.717) is 17.2 Å². The molecular formula is C25H39N3O2. The smallest absolute Gasteiger partial charge is 0.253 e. The van der Waals surface area contributed by atoms with E-state index in [0.717, 1.165) is 45.3 Å². The first-order valence-electron chi connectivity index (χ1n) is 11.6. The molecule has 5 heteroatoms. The van der Waals surface area contributed by atoms with E-state index >= 15 is 0 Å². The van der Waals surface area contributed by atoms with Gasteiger partial charge < -0.3 is 14.5 Å². The Bertz CT molecular complexity index is 677. The van der Waals surface area contributed by atoms with Crippen LogP contribution in [0.15, 0.2) is 24.3 Å². The Hall–Kier alpha value is -1.90. The molecule has 0 aliphatic heterocycles. The number of carbonyl (C=O) groups is 1. The lowest BCUT2D eigenvalue weighted by Crippen LogP contribution is -2.40. The van der Waals surface area contributed by atoms with Crippen LogP contribution in [0.1, 0.15) is 80.6 Å². The van der Waals surface area contributed by atoms with Gasteiger partial charge in [-0.2, -0.15) is 5.26 Å². The van der Waals surface area contributed by atoms with Crippen molar-refractivity contribution in [2.24, 2.45) is 0 Å². The van der Waals surface area contributed by atoms with E-state index < -0.39 is 0 Å². The van der Waals surface area contributed by atoms with Gasteiger partial charge in [-0.05, 0) is 83.3 Å². The molecule has 1 fully saturated rings. The van der Waals surface area contributed by atoms with Crippen LogP contribution in [0, 0.1) is 11.3 Å². The van der Waals surface area contributed by atoms with Gasteiger partial charge in [0, 0.05) is 25.3 Å². The van der Waals surface area contributed by atoms with Crippen LogP contribution >= 0.6 is 0 Å².